The van der Waals surface area contributed by atoms with Crippen molar-refractivity contribution in [2.45, 2.75) is 44.1 Å². The highest BCUT2D eigenvalue weighted by Gasteiger charge is 2.21. The third kappa shape index (κ3) is 4.70. The minimum absolute atomic E-state index is 0.130. The van der Waals surface area contributed by atoms with Crippen molar-refractivity contribution in [2.75, 3.05) is 7.11 Å². The van der Waals surface area contributed by atoms with E-state index in [0.717, 1.165) is 42.6 Å². The van der Waals surface area contributed by atoms with Crippen LogP contribution in [0, 0.1) is 0 Å². The summed E-state index contributed by atoms with van der Waals surface area (Å²) in [4.78, 5) is 15.2. The molecule has 4 nitrogen and oxygen atoms in total. The monoisotopic (exact) mass is 401 g/mol. The van der Waals surface area contributed by atoms with Crippen molar-refractivity contribution in [2.24, 2.45) is 0 Å². The fourth-order valence-corrected chi connectivity index (χ4v) is 4.18. The molecule has 3 aromatic rings. The molecule has 1 aliphatic carbocycles. The van der Waals surface area contributed by atoms with Crippen molar-refractivity contribution in [1.29, 1.82) is 0 Å². The molecular formula is C26H27NO3. The summed E-state index contributed by atoms with van der Waals surface area (Å²) in [5.74, 6) is 1.71. The topological polar surface area (TPSA) is 48.4 Å². The number of carbonyl (C=O) groups is 1. The van der Waals surface area contributed by atoms with E-state index < -0.39 is 0 Å². The van der Waals surface area contributed by atoms with Gasteiger partial charge in [0.15, 0.2) is 11.5 Å². The van der Waals surface area contributed by atoms with Gasteiger partial charge in [0.1, 0.15) is 6.29 Å². The number of methoxy groups -OCH3 is 1. The number of ether oxygens (including phenoxy) is 2. The molecule has 0 N–H and O–H groups in total. The smallest absolute Gasteiger partial charge is 0.161 e. The standard InChI is InChI=1S/C26H27NO3/c1-29-25-11-10-22(17-26(25)30-23-4-2-3-5-23)24(16-19-12-14-27-15-13-19)21-8-6-20(18-28)7-9-21/h6-15,17-18,23-24H,2-5,16H2,1H3. The predicted molar refractivity (Wildman–Crippen MR) is 117 cm³/mol. The number of aldehydes is 1. The molecule has 0 amide bonds. The summed E-state index contributed by atoms with van der Waals surface area (Å²) in [5, 5.41) is 0. The van der Waals surface area contributed by atoms with Gasteiger partial charge in [-0.2, -0.15) is 0 Å². The summed E-state index contributed by atoms with van der Waals surface area (Å²) < 4.78 is 11.9. The summed E-state index contributed by atoms with van der Waals surface area (Å²) in [6, 6.07) is 18.2. The van der Waals surface area contributed by atoms with Crippen LogP contribution < -0.4 is 9.47 Å². The fourth-order valence-electron chi connectivity index (χ4n) is 4.18. The Morgan fingerprint density at radius 2 is 1.67 bits per heavy atom. The Morgan fingerprint density at radius 1 is 0.967 bits per heavy atom. The van der Waals surface area contributed by atoms with Crippen LogP contribution in [0.5, 0.6) is 11.5 Å². The molecule has 1 unspecified atom stereocenters. The maximum Gasteiger partial charge on any atom is 0.161 e. The summed E-state index contributed by atoms with van der Waals surface area (Å²) in [6.45, 7) is 0. The zero-order valence-electron chi connectivity index (χ0n) is 17.3. The van der Waals surface area contributed by atoms with Crippen LogP contribution in [-0.2, 0) is 6.42 Å². The van der Waals surface area contributed by atoms with Gasteiger partial charge < -0.3 is 9.47 Å². The molecule has 1 aliphatic rings. The second kappa shape index (κ2) is 9.57. The molecule has 4 heteroatoms. The first kappa shape index (κ1) is 20.1. The van der Waals surface area contributed by atoms with E-state index in [0.29, 0.717) is 5.56 Å². The number of benzene rings is 2. The molecule has 0 saturated heterocycles. The van der Waals surface area contributed by atoms with E-state index in [1.807, 2.05) is 54.9 Å². The SMILES string of the molecule is COc1ccc(C(Cc2ccncc2)c2ccc(C=O)cc2)cc1OC1CCCC1. The zero-order valence-corrected chi connectivity index (χ0v) is 17.3. The largest absolute Gasteiger partial charge is 0.493 e. The van der Waals surface area contributed by atoms with Gasteiger partial charge in [-0.15, -0.1) is 0 Å². The van der Waals surface area contributed by atoms with E-state index in [1.165, 1.54) is 24.0 Å². The quantitative estimate of drug-likeness (QED) is 0.461. The number of hydrogen-bond donors (Lipinski definition) is 0. The summed E-state index contributed by atoms with van der Waals surface area (Å²) in [7, 11) is 1.68. The molecule has 1 fully saturated rings. The average molecular weight is 402 g/mol. The predicted octanol–water partition coefficient (Wildman–Crippen LogP) is 5.60. The Labute approximate surface area is 177 Å². The summed E-state index contributed by atoms with van der Waals surface area (Å²) in [5.41, 5.74) is 4.22. The van der Waals surface area contributed by atoms with Gasteiger partial charge in [0.2, 0.25) is 0 Å². The minimum atomic E-state index is 0.130. The van der Waals surface area contributed by atoms with Crippen molar-refractivity contribution >= 4 is 6.29 Å². The Balaban J connectivity index is 1.70. The van der Waals surface area contributed by atoms with E-state index in [4.69, 9.17) is 9.47 Å². The highest BCUT2D eigenvalue weighted by Crippen LogP contribution is 2.37. The first-order valence-corrected chi connectivity index (χ1v) is 10.6. The molecule has 154 valence electrons. The Morgan fingerprint density at radius 3 is 2.33 bits per heavy atom. The number of pyridine rings is 1. The van der Waals surface area contributed by atoms with Crippen LogP contribution in [-0.4, -0.2) is 24.5 Å². The van der Waals surface area contributed by atoms with Crippen LogP contribution in [0.4, 0.5) is 0 Å². The molecule has 1 atom stereocenters. The number of nitrogens with zero attached hydrogens (tertiary/aromatic N) is 1. The van der Waals surface area contributed by atoms with Gasteiger partial charge in [-0.3, -0.25) is 9.78 Å². The van der Waals surface area contributed by atoms with Gasteiger partial charge >= 0.3 is 0 Å². The van der Waals surface area contributed by atoms with Gasteiger partial charge in [-0.25, -0.2) is 0 Å². The molecule has 0 aliphatic heterocycles. The van der Waals surface area contributed by atoms with Crippen molar-refractivity contribution in [1.82, 2.24) is 4.98 Å². The lowest BCUT2D eigenvalue weighted by molar-refractivity contribution is 0.112. The van der Waals surface area contributed by atoms with Crippen molar-refractivity contribution in [3.63, 3.8) is 0 Å². The molecular weight excluding hydrogens is 374 g/mol. The van der Waals surface area contributed by atoms with E-state index >= 15 is 0 Å². The maximum atomic E-state index is 11.1. The fraction of sp³-hybridized carbons (Fsp3) is 0.308. The van der Waals surface area contributed by atoms with Crippen molar-refractivity contribution < 1.29 is 14.3 Å². The molecule has 30 heavy (non-hydrogen) atoms. The van der Waals surface area contributed by atoms with Gasteiger partial charge in [0.25, 0.3) is 0 Å². The molecule has 0 spiro atoms. The second-order valence-electron chi connectivity index (χ2n) is 7.83. The number of rotatable bonds is 8. The van der Waals surface area contributed by atoms with Gasteiger partial charge in [-0.1, -0.05) is 30.3 Å². The molecule has 1 saturated carbocycles. The highest BCUT2D eigenvalue weighted by atomic mass is 16.5. The first-order chi connectivity index (χ1) is 14.8. The highest BCUT2D eigenvalue weighted by molar-refractivity contribution is 5.74. The van der Waals surface area contributed by atoms with E-state index in [9.17, 15) is 4.79 Å². The lowest BCUT2D eigenvalue weighted by atomic mass is 9.85. The van der Waals surface area contributed by atoms with Crippen LogP contribution in [0.15, 0.2) is 67.0 Å². The van der Waals surface area contributed by atoms with Crippen LogP contribution in [0.1, 0.15) is 58.6 Å². The number of aromatic nitrogens is 1. The number of hydrogen-bond acceptors (Lipinski definition) is 4. The van der Waals surface area contributed by atoms with E-state index in [1.54, 1.807) is 7.11 Å². The first-order valence-electron chi connectivity index (χ1n) is 10.6. The molecule has 0 radical (unpaired) electrons. The van der Waals surface area contributed by atoms with Crippen LogP contribution in [0.25, 0.3) is 0 Å². The van der Waals surface area contributed by atoms with Crippen LogP contribution >= 0.6 is 0 Å². The lowest BCUT2D eigenvalue weighted by Gasteiger charge is -2.22. The zero-order chi connectivity index (χ0) is 20.8. The molecule has 1 aromatic heterocycles. The third-order valence-corrected chi connectivity index (χ3v) is 5.85. The van der Waals surface area contributed by atoms with Gasteiger partial charge in [0, 0.05) is 23.9 Å². The molecule has 2 aromatic carbocycles. The lowest BCUT2D eigenvalue weighted by Crippen LogP contribution is -2.12. The Kier molecular flexibility index (Phi) is 6.43. The van der Waals surface area contributed by atoms with Crippen molar-refractivity contribution in [3.8, 4) is 11.5 Å². The molecule has 1 heterocycles. The third-order valence-electron chi connectivity index (χ3n) is 5.85. The van der Waals surface area contributed by atoms with Gasteiger partial charge in [-0.05, 0) is 73.1 Å². The second-order valence-corrected chi connectivity index (χ2v) is 7.83. The normalized spacial score (nSPS) is 15.0. The molecule has 4 rings (SSSR count). The van der Waals surface area contributed by atoms with Crippen LogP contribution in [0.3, 0.4) is 0 Å². The Hall–Kier alpha value is -3.14. The molecule has 0 bridgehead atoms. The Bertz CT molecular complexity index is 963. The minimum Gasteiger partial charge on any atom is -0.493 e. The van der Waals surface area contributed by atoms with E-state index in [2.05, 4.69) is 17.1 Å². The van der Waals surface area contributed by atoms with E-state index in [-0.39, 0.29) is 12.0 Å². The summed E-state index contributed by atoms with van der Waals surface area (Å²) in [6.07, 6.45) is 10.3. The van der Waals surface area contributed by atoms with Crippen LogP contribution in [0.2, 0.25) is 0 Å². The van der Waals surface area contributed by atoms with Gasteiger partial charge in [0.05, 0.1) is 13.2 Å². The maximum absolute atomic E-state index is 11.1. The van der Waals surface area contributed by atoms with Crippen molar-refractivity contribution in [3.05, 3.63) is 89.2 Å². The summed E-state index contributed by atoms with van der Waals surface area (Å²) >= 11 is 0. The average Bonchev–Trinajstić information content (AvgIpc) is 3.31. The number of carbonyl (C=O) groups excluding carboxylic acids is 1.